The molecule has 20 heavy (non-hydrogen) atoms. The van der Waals surface area contributed by atoms with E-state index in [2.05, 4.69) is 21.2 Å². The molecule has 0 spiro atoms. The van der Waals surface area contributed by atoms with E-state index in [0.717, 1.165) is 15.7 Å². The van der Waals surface area contributed by atoms with Gasteiger partial charge in [0, 0.05) is 28.3 Å². The van der Waals surface area contributed by atoms with E-state index in [-0.39, 0.29) is 10.6 Å². The van der Waals surface area contributed by atoms with Gasteiger partial charge in [0.25, 0.3) is 5.69 Å². The van der Waals surface area contributed by atoms with Crippen LogP contribution in [0.1, 0.15) is 11.1 Å². The monoisotopic (exact) mass is 354 g/mol. The Labute approximate surface area is 130 Å². The van der Waals surface area contributed by atoms with Crippen LogP contribution in [-0.4, -0.2) is 4.92 Å². The number of anilines is 1. The summed E-state index contributed by atoms with van der Waals surface area (Å²) in [5.41, 5.74) is 2.64. The van der Waals surface area contributed by atoms with Crippen LogP contribution >= 0.6 is 27.5 Å². The number of hydrogen-bond acceptors (Lipinski definition) is 3. The van der Waals surface area contributed by atoms with Crippen LogP contribution in [0.3, 0.4) is 0 Å². The van der Waals surface area contributed by atoms with Gasteiger partial charge in [0.1, 0.15) is 0 Å². The van der Waals surface area contributed by atoms with Crippen molar-refractivity contribution in [2.24, 2.45) is 0 Å². The average molecular weight is 356 g/mol. The zero-order chi connectivity index (χ0) is 14.7. The molecular weight excluding hydrogens is 344 g/mol. The molecule has 0 saturated heterocycles. The maximum Gasteiger partial charge on any atom is 0.272 e. The van der Waals surface area contributed by atoms with Gasteiger partial charge in [0.15, 0.2) is 0 Å². The van der Waals surface area contributed by atoms with Crippen LogP contribution in [0.4, 0.5) is 11.4 Å². The van der Waals surface area contributed by atoms with Crippen LogP contribution < -0.4 is 5.32 Å². The van der Waals surface area contributed by atoms with Gasteiger partial charge in [0.2, 0.25) is 0 Å². The van der Waals surface area contributed by atoms with E-state index in [1.807, 2.05) is 18.2 Å². The zero-order valence-electron chi connectivity index (χ0n) is 10.7. The fourth-order valence-electron chi connectivity index (χ4n) is 1.82. The summed E-state index contributed by atoms with van der Waals surface area (Å²) in [5, 5.41) is 14.6. The zero-order valence-corrected chi connectivity index (χ0v) is 13.0. The molecule has 2 aromatic rings. The second-order valence-corrected chi connectivity index (χ2v) is 5.62. The summed E-state index contributed by atoms with van der Waals surface area (Å²) in [6.45, 7) is 2.32. The average Bonchev–Trinajstić information content (AvgIpc) is 2.40. The first-order chi connectivity index (χ1) is 9.47. The molecule has 0 unspecified atom stereocenters. The van der Waals surface area contributed by atoms with Gasteiger partial charge in [-0.3, -0.25) is 10.1 Å². The third-order valence-electron chi connectivity index (χ3n) is 2.87. The molecule has 0 radical (unpaired) electrons. The molecule has 104 valence electrons. The van der Waals surface area contributed by atoms with Gasteiger partial charge in [-0.25, -0.2) is 0 Å². The molecule has 0 aliphatic heterocycles. The standard InChI is InChI=1S/C14H12BrClN2O2/c1-9-6-11(3-5-14(9)18(19)20)17-8-10-2-4-12(15)13(16)7-10/h2-7,17H,8H2,1H3. The smallest absolute Gasteiger partial charge is 0.272 e. The maximum atomic E-state index is 10.7. The highest BCUT2D eigenvalue weighted by atomic mass is 79.9. The van der Waals surface area contributed by atoms with E-state index in [0.29, 0.717) is 17.1 Å². The molecule has 2 aromatic carbocycles. The van der Waals surface area contributed by atoms with Gasteiger partial charge in [-0.15, -0.1) is 0 Å². The molecule has 0 saturated carbocycles. The minimum Gasteiger partial charge on any atom is -0.381 e. The predicted octanol–water partition coefficient (Wildman–Crippen LogP) is 4.93. The van der Waals surface area contributed by atoms with Crippen LogP contribution in [-0.2, 0) is 6.54 Å². The lowest BCUT2D eigenvalue weighted by Gasteiger charge is -2.08. The van der Waals surface area contributed by atoms with Crippen molar-refractivity contribution >= 4 is 38.9 Å². The molecule has 0 atom stereocenters. The number of hydrogen-bond donors (Lipinski definition) is 1. The largest absolute Gasteiger partial charge is 0.381 e. The summed E-state index contributed by atoms with van der Waals surface area (Å²) in [4.78, 5) is 10.4. The van der Waals surface area contributed by atoms with Crippen molar-refractivity contribution in [2.75, 3.05) is 5.32 Å². The van der Waals surface area contributed by atoms with Gasteiger partial charge < -0.3 is 5.32 Å². The molecule has 2 rings (SSSR count). The Hall–Kier alpha value is -1.59. The molecular formula is C14H12BrClN2O2. The van der Waals surface area contributed by atoms with Gasteiger partial charge in [0.05, 0.1) is 9.95 Å². The van der Waals surface area contributed by atoms with Crippen LogP contribution in [0.5, 0.6) is 0 Å². The summed E-state index contributed by atoms with van der Waals surface area (Å²) in [7, 11) is 0. The van der Waals surface area contributed by atoms with E-state index >= 15 is 0 Å². The third-order valence-corrected chi connectivity index (χ3v) is 4.11. The molecule has 0 aromatic heterocycles. The third kappa shape index (κ3) is 3.49. The van der Waals surface area contributed by atoms with E-state index < -0.39 is 0 Å². The number of nitrogens with one attached hydrogen (secondary N) is 1. The first-order valence-corrected chi connectivity index (χ1v) is 7.07. The van der Waals surface area contributed by atoms with Crippen LogP contribution in [0.2, 0.25) is 5.02 Å². The molecule has 0 aliphatic carbocycles. The topological polar surface area (TPSA) is 55.2 Å². The lowest BCUT2D eigenvalue weighted by Crippen LogP contribution is -2.00. The first kappa shape index (κ1) is 14.8. The van der Waals surface area contributed by atoms with Crippen molar-refractivity contribution in [3.05, 3.63) is 67.1 Å². The Bertz CT molecular complexity index is 662. The van der Waals surface area contributed by atoms with Crippen molar-refractivity contribution in [2.45, 2.75) is 13.5 Å². The molecule has 0 aliphatic rings. The number of aryl methyl sites for hydroxylation is 1. The molecule has 0 amide bonds. The number of benzene rings is 2. The fraction of sp³-hybridized carbons (Fsp3) is 0.143. The second-order valence-electron chi connectivity index (χ2n) is 4.36. The summed E-state index contributed by atoms with van der Waals surface area (Å²) in [6, 6.07) is 10.7. The minimum atomic E-state index is -0.381. The van der Waals surface area contributed by atoms with Crippen molar-refractivity contribution < 1.29 is 4.92 Å². The normalized spacial score (nSPS) is 10.3. The molecule has 0 fully saturated rings. The summed E-state index contributed by atoms with van der Waals surface area (Å²) >= 11 is 9.37. The molecule has 4 nitrogen and oxygen atoms in total. The first-order valence-electron chi connectivity index (χ1n) is 5.90. The highest BCUT2D eigenvalue weighted by molar-refractivity contribution is 9.10. The number of nitro groups is 1. The lowest BCUT2D eigenvalue weighted by atomic mass is 10.1. The number of rotatable bonds is 4. The van der Waals surface area contributed by atoms with Crippen LogP contribution in [0.25, 0.3) is 0 Å². The SMILES string of the molecule is Cc1cc(NCc2ccc(Br)c(Cl)c2)ccc1[N+](=O)[O-]. The Kier molecular flexibility index (Phi) is 4.62. The summed E-state index contributed by atoms with van der Waals surface area (Å²) in [5.74, 6) is 0. The minimum absolute atomic E-state index is 0.127. The predicted molar refractivity (Wildman–Crippen MR) is 84.3 cm³/mol. The Balaban J connectivity index is 2.09. The maximum absolute atomic E-state index is 10.7. The summed E-state index contributed by atoms with van der Waals surface area (Å²) in [6.07, 6.45) is 0. The van der Waals surface area contributed by atoms with Crippen LogP contribution in [0, 0.1) is 17.0 Å². The van der Waals surface area contributed by atoms with E-state index in [1.54, 1.807) is 19.1 Å². The molecule has 6 heteroatoms. The van der Waals surface area contributed by atoms with E-state index in [9.17, 15) is 10.1 Å². The van der Waals surface area contributed by atoms with E-state index in [1.165, 1.54) is 6.07 Å². The highest BCUT2D eigenvalue weighted by Crippen LogP contribution is 2.25. The van der Waals surface area contributed by atoms with Crippen molar-refractivity contribution in [1.29, 1.82) is 0 Å². The van der Waals surface area contributed by atoms with Gasteiger partial charge in [-0.05, 0) is 52.7 Å². The number of nitrogens with zero attached hydrogens (tertiary/aromatic N) is 1. The Morgan fingerprint density at radius 3 is 2.65 bits per heavy atom. The highest BCUT2D eigenvalue weighted by Gasteiger charge is 2.09. The van der Waals surface area contributed by atoms with Crippen LogP contribution in [0.15, 0.2) is 40.9 Å². The molecule has 0 heterocycles. The van der Waals surface area contributed by atoms with Crippen molar-refractivity contribution in [3.8, 4) is 0 Å². The molecule has 1 N–H and O–H groups in total. The van der Waals surface area contributed by atoms with Gasteiger partial charge >= 0.3 is 0 Å². The number of halogens is 2. The Morgan fingerprint density at radius 1 is 1.30 bits per heavy atom. The van der Waals surface area contributed by atoms with Crippen molar-refractivity contribution in [1.82, 2.24) is 0 Å². The van der Waals surface area contributed by atoms with E-state index in [4.69, 9.17) is 11.6 Å². The number of nitro benzene ring substituents is 1. The van der Waals surface area contributed by atoms with Gasteiger partial charge in [-0.1, -0.05) is 17.7 Å². The Morgan fingerprint density at radius 2 is 2.05 bits per heavy atom. The van der Waals surface area contributed by atoms with Gasteiger partial charge in [-0.2, -0.15) is 0 Å². The summed E-state index contributed by atoms with van der Waals surface area (Å²) < 4.78 is 0.856. The quantitative estimate of drug-likeness (QED) is 0.625. The molecule has 0 bridgehead atoms. The van der Waals surface area contributed by atoms with Crippen molar-refractivity contribution in [3.63, 3.8) is 0 Å². The lowest BCUT2D eigenvalue weighted by molar-refractivity contribution is -0.385. The second kappa shape index (κ2) is 6.24. The fourth-order valence-corrected chi connectivity index (χ4v) is 2.27.